The van der Waals surface area contributed by atoms with Crippen molar-refractivity contribution in [2.24, 2.45) is 5.73 Å². The Hall–Kier alpha value is -2.97. The van der Waals surface area contributed by atoms with Gasteiger partial charge in [-0.05, 0) is 30.5 Å². The molecule has 1 aliphatic heterocycles. The van der Waals surface area contributed by atoms with Crippen LogP contribution in [0, 0.1) is 0 Å². The molecular formula is C19H22FN5O3. The second-order valence-electron chi connectivity index (χ2n) is 7.45. The molecule has 2 aromatic rings. The summed E-state index contributed by atoms with van der Waals surface area (Å²) in [5, 5.41) is 7.57. The van der Waals surface area contributed by atoms with E-state index in [4.69, 9.17) is 10.5 Å². The summed E-state index contributed by atoms with van der Waals surface area (Å²) in [6.45, 7) is 0.337. The van der Waals surface area contributed by atoms with E-state index >= 15 is 0 Å². The van der Waals surface area contributed by atoms with Crippen molar-refractivity contribution in [1.29, 1.82) is 0 Å². The number of carbonyl (C=O) groups is 2. The fraction of sp³-hybridized carbons (Fsp3) is 0.474. The third-order valence-corrected chi connectivity index (χ3v) is 5.62. The standard InChI is InChI=1S/C19H22FN5O3/c1-28-15-4-2-12(3-5-15)19(6-7-19)18(27)25-9-13(20)8-14(25)10-24-11-16(17(21)26)22-23-24/h2-5,11,13-14H,6-10H2,1H3,(H2,21,26). The third-order valence-electron chi connectivity index (χ3n) is 5.62. The van der Waals surface area contributed by atoms with E-state index in [2.05, 4.69) is 10.3 Å². The van der Waals surface area contributed by atoms with Crippen molar-refractivity contribution in [2.75, 3.05) is 13.7 Å². The van der Waals surface area contributed by atoms with Crippen LogP contribution in [0.1, 0.15) is 35.3 Å². The van der Waals surface area contributed by atoms with Gasteiger partial charge in [-0.25, -0.2) is 9.07 Å². The Kier molecular flexibility index (Phi) is 4.52. The fourth-order valence-corrected chi connectivity index (χ4v) is 3.93. The molecule has 1 saturated carbocycles. The molecule has 9 heteroatoms. The molecule has 2 heterocycles. The molecule has 8 nitrogen and oxygen atoms in total. The molecule has 0 radical (unpaired) electrons. The number of methoxy groups -OCH3 is 1. The summed E-state index contributed by atoms with van der Waals surface area (Å²) in [6, 6.07) is 7.13. The summed E-state index contributed by atoms with van der Waals surface area (Å²) < 4.78 is 20.8. The largest absolute Gasteiger partial charge is 0.497 e. The van der Waals surface area contributed by atoms with Crippen molar-refractivity contribution >= 4 is 11.8 Å². The molecule has 2 unspecified atom stereocenters. The van der Waals surface area contributed by atoms with E-state index in [0.717, 1.165) is 24.2 Å². The van der Waals surface area contributed by atoms with Crippen LogP contribution in [0.5, 0.6) is 5.75 Å². The molecule has 1 aromatic heterocycles. The summed E-state index contributed by atoms with van der Waals surface area (Å²) in [6.07, 6.45) is 2.06. The molecule has 1 saturated heterocycles. The van der Waals surface area contributed by atoms with Crippen molar-refractivity contribution in [2.45, 2.75) is 43.4 Å². The van der Waals surface area contributed by atoms with Gasteiger partial charge in [-0.15, -0.1) is 5.10 Å². The highest BCUT2D eigenvalue weighted by molar-refractivity contribution is 5.92. The predicted molar refractivity (Wildman–Crippen MR) is 97.5 cm³/mol. The number of nitrogens with two attached hydrogens (primary N) is 1. The lowest BCUT2D eigenvalue weighted by atomic mass is 9.94. The zero-order valence-corrected chi connectivity index (χ0v) is 15.5. The molecule has 2 atom stereocenters. The molecule has 1 aliphatic carbocycles. The number of nitrogens with zero attached hydrogens (tertiary/aromatic N) is 4. The molecule has 4 rings (SSSR count). The van der Waals surface area contributed by atoms with Crippen molar-refractivity contribution in [1.82, 2.24) is 19.9 Å². The number of carbonyl (C=O) groups excluding carboxylic acids is 2. The third kappa shape index (κ3) is 3.21. The Balaban J connectivity index is 1.53. The Bertz CT molecular complexity index is 893. The van der Waals surface area contributed by atoms with E-state index in [1.807, 2.05) is 24.3 Å². The second kappa shape index (κ2) is 6.88. The zero-order chi connectivity index (χ0) is 19.9. The van der Waals surface area contributed by atoms with Crippen molar-refractivity contribution in [3.63, 3.8) is 0 Å². The number of aromatic nitrogens is 3. The normalized spacial score (nSPS) is 22.9. The monoisotopic (exact) mass is 387 g/mol. The highest BCUT2D eigenvalue weighted by atomic mass is 19.1. The average molecular weight is 387 g/mol. The minimum absolute atomic E-state index is 0.0459. The summed E-state index contributed by atoms with van der Waals surface area (Å²) >= 11 is 0. The highest BCUT2D eigenvalue weighted by Gasteiger charge is 2.55. The van der Waals surface area contributed by atoms with Crippen LogP contribution in [-0.4, -0.2) is 57.6 Å². The zero-order valence-electron chi connectivity index (χ0n) is 15.5. The van der Waals surface area contributed by atoms with Crippen LogP contribution >= 0.6 is 0 Å². The van der Waals surface area contributed by atoms with Gasteiger partial charge in [0.2, 0.25) is 5.91 Å². The van der Waals surface area contributed by atoms with Crippen LogP contribution in [-0.2, 0) is 16.8 Å². The van der Waals surface area contributed by atoms with Gasteiger partial charge in [-0.1, -0.05) is 17.3 Å². The van der Waals surface area contributed by atoms with Gasteiger partial charge in [0.25, 0.3) is 5.91 Å². The number of halogens is 1. The van der Waals surface area contributed by atoms with E-state index < -0.39 is 17.5 Å². The lowest BCUT2D eigenvalue weighted by Crippen LogP contribution is -2.44. The van der Waals surface area contributed by atoms with Gasteiger partial charge < -0.3 is 15.4 Å². The summed E-state index contributed by atoms with van der Waals surface area (Å²) in [7, 11) is 1.59. The molecule has 0 bridgehead atoms. The van der Waals surface area contributed by atoms with Crippen LogP contribution in [0.25, 0.3) is 0 Å². The number of primary amides is 1. The number of hydrogen-bond acceptors (Lipinski definition) is 5. The smallest absolute Gasteiger partial charge is 0.270 e. The van der Waals surface area contributed by atoms with Gasteiger partial charge in [0.05, 0.1) is 37.9 Å². The number of benzene rings is 1. The molecule has 2 aliphatic rings. The minimum atomic E-state index is -1.08. The van der Waals surface area contributed by atoms with E-state index in [1.54, 1.807) is 12.0 Å². The first-order valence-corrected chi connectivity index (χ1v) is 9.22. The van der Waals surface area contributed by atoms with Gasteiger partial charge in [0.15, 0.2) is 5.69 Å². The maximum atomic E-state index is 14.2. The summed E-state index contributed by atoms with van der Waals surface area (Å²) in [5.74, 6) is -0.00484. The molecule has 0 spiro atoms. The van der Waals surface area contributed by atoms with E-state index in [9.17, 15) is 14.0 Å². The Morgan fingerprint density at radius 3 is 2.61 bits per heavy atom. The number of rotatable bonds is 6. The van der Waals surface area contributed by atoms with Crippen molar-refractivity contribution < 1.29 is 18.7 Å². The van der Waals surface area contributed by atoms with Crippen LogP contribution in [0.3, 0.4) is 0 Å². The summed E-state index contributed by atoms with van der Waals surface area (Å²) in [4.78, 5) is 26.2. The van der Waals surface area contributed by atoms with Crippen molar-refractivity contribution in [3.05, 3.63) is 41.7 Å². The van der Waals surface area contributed by atoms with Crippen LogP contribution in [0.4, 0.5) is 4.39 Å². The van der Waals surface area contributed by atoms with Crippen LogP contribution in [0.15, 0.2) is 30.5 Å². The quantitative estimate of drug-likeness (QED) is 0.798. The first kappa shape index (κ1) is 18.4. The molecule has 2 N–H and O–H groups in total. The fourth-order valence-electron chi connectivity index (χ4n) is 3.93. The number of likely N-dealkylation sites (tertiary alicyclic amines) is 1. The average Bonchev–Trinajstić information content (AvgIpc) is 3.22. The first-order valence-electron chi connectivity index (χ1n) is 9.22. The van der Waals surface area contributed by atoms with Gasteiger partial charge in [-0.2, -0.15) is 0 Å². The van der Waals surface area contributed by atoms with E-state index in [-0.39, 0.29) is 37.2 Å². The molecule has 2 amide bonds. The molecule has 1 aromatic carbocycles. The minimum Gasteiger partial charge on any atom is -0.497 e. The van der Waals surface area contributed by atoms with Crippen molar-refractivity contribution in [3.8, 4) is 5.75 Å². The molecule has 2 fully saturated rings. The first-order chi connectivity index (χ1) is 13.4. The Morgan fingerprint density at radius 1 is 1.32 bits per heavy atom. The van der Waals surface area contributed by atoms with Gasteiger partial charge in [-0.3, -0.25) is 9.59 Å². The Morgan fingerprint density at radius 2 is 2.04 bits per heavy atom. The molecular weight excluding hydrogens is 365 g/mol. The number of hydrogen-bond donors (Lipinski definition) is 1. The van der Waals surface area contributed by atoms with Crippen LogP contribution < -0.4 is 10.5 Å². The lowest BCUT2D eigenvalue weighted by Gasteiger charge is -2.29. The molecule has 148 valence electrons. The predicted octanol–water partition coefficient (Wildman–Crippen LogP) is 1.06. The topological polar surface area (TPSA) is 103 Å². The highest BCUT2D eigenvalue weighted by Crippen LogP contribution is 2.50. The second-order valence-corrected chi connectivity index (χ2v) is 7.45. The SMILES string of the molecule is COc1ccc(C2(C(=O)N3CC(F)CC3Cn3cc(C(N)=O)nn3)CC2)cc1. The molecule has 28 heavy (non-hydrogen) atoms. The number of ether oxygens (including phenoxy) is 1. The maximum Gasteiger partial charge on any atom is 0.270 e. The number of amides is 2. The van der Waals surface area contributed by atoms with E-state index in [1.165, 1.54) is 10.9 Å². The van der Waals surface area contributed by atoms with E-state index in [0.29, 0.717) is 0 Å². The van der Waals surface area contributed by atoms with Gasteiger partial charge in [0.1, 0.15) is 11.9 Å². The summed E-state index contributed by atoms with van der Waals surface area (Å²) in [5.41, 5.74) is 5.58. The maximum absolute atomic E-state index is 14.2. The van der Waals surface area contributed by atoms with Crippen LogP contribution in [0.2, 0.25) is 0 Å². The lowest BCUT2D eigenvalue weighted by molar-refractivity contribution is -0.135. The Labute approximate surface area is 161 Å². The van der Waals surface area contributed by atoms with Gasteiger partial charge >= 0.3 is 0 Å². The number of alkyl halides is 1. The van der Waals surface area contributed by atoms with Gasteiger partial charge in [0, 0.05) is 6.42 Å².